The fraction of sp³-hybridized carbons (Fsp3) is 0.250. The van der Waals surface area contributed by atoms with Crippen LogP contribution in [0.25, 0.3) is 0 Å². The standard InChI is InChI=1S/C16H13F6NO3S/c17-15(18,19)14(24,16(20,21)22)12-6-8-13(9-7-12)23-27(25,26)10-11-4-2-1-3-5-11/h1-9,23-24H,10H2. The second kappa shape index (κ2) is 7.04. The van der Waals surface area contributed by atoms with Gasteiger partial charge in [0.25, 0.3) is 5.60 Å². The average molecular weight is 413 g/mol. The van der Waals surface area contributed by atoms with Crippen molar-refractivity contribution in [3.8, 4) is 0 Å². The Morgan fingerprint density at radius 2 is 1.30 bits per heavy atom. The number of alkyl halides is 6. The van der Waals surface area contributed by atoms with Crippen molar-refractivity contribution in [2.45, 2.75) is 23.7 Å². The molecule has 0 aromatic heterocycles. The van der Waals surface area contributed by atoms with Crippen LogP contribution >= 0.6 is 0 Å². The number of sulfonamides is 1. The zero-order chi connectivity index (χ0) is 20.5. The maximum Gasteiger partial charge on any atom is 0.430 e. The molecule has 0 bridgehead atoms. The quantitative estimate of drug-likeness (QED) is 0.730. The van der Waals surface area contributed by atoms with Crippen LogP contribution in [0.4, 0.5) is 32.0 Å². The van der Waals surface area contributed by atoms with E-state index in [1.165, 1.54) is 12.1 Å². The lowest BCUT2D eigenvalue weighted by Gasteiger charge is -2.32. The Kier molecular flexibility index (Phi) is 5.48. The first-order valence-corrected chi connectivity index (χ1v) is 8.92. The maximum absolute atomic E-state index is 12.8. The Morgan fingerprint density at radius 3 is 1.74 bits per heavy atom. The summed E-state index contributed by atoms with van der Waals surface area (Å²) in [5, 5.41) is 9.29. The summed E-state index contributed by atoms with van der Waals surface area (Å²) < 4.78 is 103. The average Bonchev–Trinajstić information content (AvgIpc) is 2.52. The first-order chi connectivity index (χ1) is 12.3. The van der Waals surface area contributed by atoms with Crippen molar-refractivity contribution in [1.82, 2.24) is 0 Å². The Bertz CT molecular complexity index is 863. The third-order valence-corrected chi connectivity index (χ3v) is 4.86. The Hall–Kier alpha value is -2.27. The molecule has 2 aromatic rings. The number of hydrogen-bond donors (Lipinski definition) is 2. The number of anilines is 1. The maximum atomic E-state index is 12.8. The summed E-state index contributed by atoms with van der Waals surface area (Å²) in [5.74, 6) is -0.440. The van der Waals surface area contributed by atoms with Crippen LogP contribution < -0.4 is 4.72 Å². The van der Waals surface area contributed by atoms with E-state index in [0.717, 1.165) is 0 Å². The SMILES string of the molecule is O=S(=O)(Cc1ccccc1)Nc1ccc(C(O)(C(F)(F)F)C(F)(F)F)cc1. The molecule has 2 N–H and O–H groups in total. The number of halogens is 6. The van der Waals surface area contributed by atoms with Crippen molar-refractivity contribution in [3.63, 3.8) is 0 Å². The van der Waals surface area contributed by atoms with Gasteiger partial charge in [-0.3, -0.25) is 4.72 Å². The lowest BCUT2D eigenvalue weighted by atomic mass is 9.92. The van der Waals surface area contributed by atoms with Crippen molar-refractivity contribution in [1.29, 1.82) is 0 Å². The second-order valence-corrected chi connectivity index (χ2v) is 7.35. The van der Waals surface area contributed by atoms with Gasteiger partial charge < -0.3 is 5.11 Å². The lowest BCUT2D eigenvalue weighted by molar-refractivity contribution is -0.376. The van der Waals surface area contributed by atoms with Gasteiger partial charge in [-0.1, -0.05) is 42.5 Å². The largest absolute Gasteiger partial charge is 0.430 e. The molecule has 2 rings (SSSR count). The third-order valence-electron chi connectivity index (χ3n) is 3.60. The number of benzene rings is 2. The molecule has 0 amide bonds. The molecule has 2 aromatic carbocycles. The fourth-order valence-electron chi connectivity index (χ4n) is 2.28. The Labute approximate surface area is 150 Å². The summed E-state index contributed by atoms with van der Waals surface area (Å²) in [6.45, 7) is 0. The molecule has 0 aliphatic rings. The highest BCUT2D eigenvalue weighted by Crippen LogP contribution is 2.50. The smallest absolute Gasteiger partial charge is 0.369 e. The predicted octanol–water partition coefficient (Wildman–Crippen LogP) is 3.94. The van der Waals surface area contributed by atoms with E-state index in [0.29, 0.717) is 29.8 Å². The number of aliphatic hydroxyl groups is 1. The fourth-order valence-corrected chi connectivity index (χ4v) is 3.48. The monoisotopic (exact) mass is 413 g/mol. The second-order valence-electron chi connectivity index (χ2n) is 5.63. The van der Waals surface area contributed by atoms with Gasteiger partial charge in [0.15, 0.2) is 0 Å². The molecule has 0 aliphatic heterocycles. The number of nitrogens with one attached hydrogen (secondary N) is 1. The molecule has 0 heterocycles. The highest BCUT2D eigenvalue weighted by molar-refractivity contribution is 7.91. The summed E-state index contributed by atoms with van der Waals surface area (Å²) in [6.07, 6.45) is -12.0. The number of hydrogen-bond acceptors (Lipinski definition) is 3. The van der Waals surface area contributed by atoms with Crippen LogP contribution in [-0.4, -0.2) is 25.9 Å². The predicted molar refractivity (Wildman–Crippen MR) is 85.1 cm³/mol. The topological polar surface area (TPSA) is 66.4 Å². The van der Waals surface area contributed by atoms with Gasteiger partial charge in [0.2, 0.25) is 10.0 Å². The van der Waals surface area contributed by atoms with E-state index in [4.69, 9.17) is 0 Å². The summed E-state index contributed by atoms with van der Waals surface area (Å²) in [6, 6.07) is 10.1. The van der Waals surface area contributed by atoms with Crippen LogP contribution in [0.1, 0.15) is 11.1 Å². The molecule has 27 heavy (non-hydrogen) atoms. The van der Waals surface area contributed by atoms with Crippen molar-refractivity contribution >= 4 is 15.7 Å². The van der Waals surface area contributed by atoms with Crippen molar-refractivity contribution in [2.24, 2.45) is 0 Å². The zero-order valence-electron chi connectivity index (χ0n) is 13.3. The summed E-state index contributed by atoms with van der Waals surface area (Å²) in [7, 11) is -3.95. The van der Waals surface area contributed by atoms with E-state index in [-0.39, 0.29) is 5.69 Å². The molecular formula is C16H13F6NO3S. The van der Waals surface area contributed by atoms with E-state index >= 15 is 0 Å². The van der Waals surface area contributed by atoms with Crippen LogP contribution in [0, 0.1) is 0 Å². The highest BCUT2D eigenvalue weighted by atomic mass is 32.2. The van der Waals surface area contributed by atoms with E-state index < -0.39 is 39.3 Å². The van der Waals surface area contributed by atoms with Crippen LogP contribution in [0.15, 0.2) is 54.6 Å². The number of rotatable bonds is 5. The van der Waals surface area contributed by atoms with Gasteiger partial charge in [-0.2, -0.15) is 26.3 Å². The van der Waals surface area contributed by atoms with Gasteiger partial charge in [0, 0.05) is 11.3 Å². The molecule has 0 radical (unpaired) electrons. The molecular weight excluding hydrogens is 400 g/mol. The normalized spacial score (nSPS) is 13.4. The first-order valence-electron chi connectivity index (χ1n) is 7.27. The molecule has 0 spiro atoms. The molecule has 148 valence electrons. The minimum Gasteiger partial charge on any atom is -0.369 e. The van der Waals surface area contributed by atoms with Crippen LogP contribution in [0.3, 0.4) is 0 Å². The van der Waals surface area contributed by atoms with Gasteiger partial charge in [0.05, 0.1) is 5.75 Å². The molecule has 0 saturated carbocycles. The van der Waals surface area contributed by atoms with Gasteiger partial charge in [-0.05, 0) is 17.7 Å². The zero-order valence-corrected chi connectivity index (χ0v) is 14.2. The Balaban J connectivity index is 2.26. The van der Waals surface area contributed by atoms with Gasteiger partial charge >= 0.3 is 12.4 Å². The van der Waals surface area contributed by atoms with Crippen LogP contribution in [-0.2, 0) is 21.4 Å². The van der Waals surface area contributed by atoms with Crippen LogP contribution in [0.5, 0.6) is 0 Å². The van der Waals surface area contributed by atoms with E-state index in [9.17, 15) is 39.9 Å². The van der Waals surface area contributed by atoms with E-state index in [1.807, 2.05) is 0 Å². The van der Waals surface area contributed by atoms with Gasteiger partial charge in [-0.15, -0.1) is 0 Å². The van der Waals surface area contributed by atoms with Crippen molar-refractivity contribution < 1.29 is 39.9 Å². The van der Waals surface area contributed by atoms with Crippen molar-refractivity contribution in [2.75, 3.05) is 4.72 Å². The highest BCUT2D eigenvalue weighted by Gasteiger charge is 2.71. The summed E-state index contributed by atoms with van der Waals surface area (Å²) in [5.41, 5.74) is -6.36. The molecule has 0 saturated heterocycles. The minimum atomic E-state index is -6.01. The first kappa shape index (κ1) is 21.0. The van der Waals surface area contributed by atoms with Crippen molar-refractivity contribution in [3.05, 3.63) is 65.7 Å². The van der Waals surface area contributed by atoms with Crippen LogP contribution in [0.2, 0.25) is 0 Å². The van der Waals surface area contributed by atoms with E-state index in [1.54, 1.807) is 18.2 Å². The molecule has 0 fully saturated rings. The summed E-state index contributed by atoms with van der Waals surface area (Å²) in [4.78, 5) is 0. The molecule has 11 heteroatoms. The third kappa shape index (κ3) is 4.53. The molecule has 0 aliphatic carbocycles. The van der Waals surface area contributed by atoms with E-state index in [2.05, 4.69) is 4.72 Å². The van der Waals surface area contributed by atoms with Gasteiger partial charge in [0.1, 0.15) is 0 Å². The van der Waals surface area contributed by atoms with Gasteiger partial charge in [-0.25, -0.2) is 8.42 Å². The lowest BCUT2D eigenvalue weighted by Crippen LogP contribution is -2.53. The molecule has 0 atom stereocenters. The minimum absolute atomic E-state index is 0.249. The molecule has 0 unspecified atom stereocenters. The Morgan fingerprint density at radius 1 is 0.815 bits per heavy atom. The summed E-state index contributed by atoms with van der Waals surface area (Å²) >= 11 is 0. The molecule has 4 nitrogen and oxygen atoms in total.